The largest absolute Gasteiger partial charge is 0.324 e. The third-order valence-corrected chi connectivity index (χ3v) is 5.89. The summed E-state index contributed by atoms with van der Waals surface area (Å²) in [6.45, 7) is 0. The van der Waals surface area contributed by atoms with Crippen molar-refractivity contribution in [1.82, 2.24) is 4.90 Å². The van der Waals surface area contributed by atoms with Gasteiger partial charge in [0.05, 0.1) is 21.2 Å². The Bertz CT molecular complexity index is 1160. The van der Waals surface area contributed by atoms with E-state index in [2.05, 4.69) is 5.32 Å². The summed E-state index contributed by atoms with van der Waals surface area (Å²) in [7, 11) is 0. The monoisotopic (exact) mass is 472 g/mol. The molecule has 0 aromatic heterocycles. The van der Waals surface area contributed by atoms with Crippen LogP contribution in [0.1, 0.15) is 26.3 Å². The van der Waals surface area contributed by atoms with Crippen molar-refractivity contribution in [2.45, 2.75) is 12.5 Å². The second kappa shape index (κ2) is 8.71. The van der Waals surface area contributed by atoms with Crippen LogP contribution < -0.4 is 5.32 Å². The van der Waals surface area contributed by atoms with Gasteiger partial charge < -0.3 is 5.32 Å². The first-order valence-electron chi connectivity index (χ1n) is 9.32. The molecule has 1 aliphatic heterocycles. The van der Waals surface area contributed by atoms with Crippen LogP contribution in [0.15, 0.2) is 66.7 Å². The number of hydrogen-bond donors (Lipinski definition) is 1. The van der Waals surface area contributed by atoms with Gasteiger partial charge in [0.2, 0.25) is 5.91 Å². The lowest BCUT2D eigenvalue weighted by molar-refractivity contribution is -0.119. The molecule has 0 saturated carbocycles. The van der Waals surface area contributed by atoms with Crippen LogP contribution >= 0.6 is 34.8 Å². The molecule has 0 fully saturated rings. The summed E-state index contributed by atoms with van der Waals surface area (Å²) in [4.78, 5) is 40.4. The molecule has 1 aliphatic rings. The van der Waals surface area contributed by atoms with E-state index in [1.54, 1.807) is 24.3 Å². The zero-order valence-electron chi connectivity index (χ0n) is 15.9. The summed E-state index contributed by atoms with van der Waals surface area (Å²) in [6.07, 6.45) is 0.139. The molecular formula is C23H15Cl3N2O3. The van der Waals surface area contributed by atoms with Crippen LogP contribution in [0.25, 0.3) is 0 Å². The molecule has 0 aliphatic carbocycles. The van der Waals surface area contributed by atoms with Crippen molar-refractivity contribution in [3.8, 4) is 0 Å². The molecule has 0 bridgehead atoms. The van der Waals surface area contributed by atoms with Crippen LogP contribution in [0.2, 0.25) is 15.1 Å². The summed E-state index contributed by atoms with van der Waals surface area (Å²) in [5.74, 6) is -1.71. The van der Waals surface area contributed by atoms with E-state index >= 15 is 0 Å². The normalized spacial score (nSPS) is 13.8. The van der Waals surface area contributed by atoms with Crippen molar-refractivity contribution in [1.29, 1.82) is 0 Å². The number of amides is 3. The van der Waals surface area contributed by atoms with Gasteiger partial charge in [0.25, 0.3) is 11.8 Å². The van der Waals surface area contributed by atoms with E-state index in [1.807, 2.05) is 30.3 Å². The Morgan fingerprint density at radius 2 is 1.45 bits per heavy atom. The van der Waals surface area contributed by atoms with Crippen molar-refractivity contribution in [2.75, 3.05) is 5.32 Å². The first-order chi connectivity index (χ1) is 14.8. The Kier molecular flexibility index (Phi) is 6.01. The van der Waals surface area contributed by atoms with Gasteiger partial charge in [0.15, 0.2) is 0 Å². The molecule has 3 aromatic carbocycles. The van der Waals surface area contributed by atoms with Gasteiger partial charge in [-0.1, -0.05) is 71.2 Å². The zero-order valence-corrected chi connectivity index (χ0v) is 18.2. The highest BCUT2D eigenvalue weighted by Crippen LogP contribution is 2.33. The van der Waals surface area contributed by atoms with Crippen LogP contribution in [-0.4, -0.2) is 28.7 Å². The molecule has 31 heavy (non-hydrogen) atoms. The molecule has 1 N–H and O–H groups in total. The fourth-order valence-corrected chi connectivity index (χ4v) is 3.98. The maximum atomic E-state index is 13.2. The number of carbonyl (C=O) groups is 3. The molecule has 1 heterocycles. The second-order valence-corrected chi connectivity index (χ2v) is 8.25. The van der Waals surface area contributed by atoms with Gasteiger partial charge in [0, 0.05) is 17.1 Å². The van der Waals surface area contributed by atoms with Crippen LogP contribution in [0.4, 0.5) is 5.69 Å². The van der Waals surface area contributed by atoms with E-state index in [4.69, 9.17) is 34.8 Å². The molecule has 156 valence electrons. The predicted octanol–water partition coefficient (Wildman–Crippen LogP) is 5.49. The molecule has 5 nitrogen and oxygen atoms in total. The Labute approximate surface area is 193 Å². The second-order valence-electron chi connectivity index (χ2n) is 7.00. The van der Waals surface area contributed by atoms with Gasteiger partial charge in [-0.3, -0.25) is 19.3 Å². The van der Waals surface area contributed by atoms with Gasteiger partial charge in [-0.2, -0.15) is 0 Å². The Balaban J connectivity index is 1.71. The third-order valence-electron chi connectivity index (χ3n) is 4.94. The van der Waals surface area contributed by atoms with Gasteiger partial charge >= 0.3 is 0 Å². The Morgan fingerprint density at radius 3 is 2.03 bits per heavy atom. The molecule has 0 saturated heterocycles. The van der Waals surface area contributed by atoms with Gasteiger partial charge in [0.1, 0.15) is 6.04 Å². The maximum absolute atomic E-state index is 13.2. The molecule has 3 amide bonds. The summed E-state index contributed by atoms with van der Waals surface area (Å²) < 4.78 is 0. The summed E-state index contributed by atoms with van der Waals surface area (Å²) >= 11 is 18.1. The van der Waals surface area contributed by atoms with Crippen molar-refractivity contribution in [2.24, 2.45) is 0 Å². The zero-order chi connectivity index (χ0) is 22.1. The van der Waals surface area contributed by atoms with Crippen molar-refractivity contribution < 1.29 is 14.4 Å². The smallest absolute Gasteiger partial charge is 0.262 e. The minimum atomic E-state index is -1.09. The number of nitrogens with one attached hydrogen (secondary N) is 1. The van der Waals surface area contributed by atoms with Gasteiger partial charge in [-0.25, -0.2) is 0 Å². The van der Waals surface area contributed by atoms with Crippen LogP contribution in [-0.2, 0) is 11.2 Å². The average molecular weight is 474 g/mol. The molecule has 4 rings (SSSR count). The molecular weight excluding hydrogens is 459 g/mol. The van der Waals surface area contributed by atoms with Crippen LogP contribution in [0, 0.1) is 0 Å². The number of imide groups is 1. The highest BCUT2D eigenvalue weighted by Gasteiger charge is 2.43. The maximum Gasteiger partial charge on any atom is 0.262 e. The summed E-state index contributed by atoms with van der Waals surface area (Å²) in [5.41, 5.74) is 1.49. The van der Waals surface area contributed by atoms with E-state index in [1.165, 1.54) is 12.1 Å². The Morgan fingerprint density at radius 1 is 0.839 bits per heavy atom. The topological polar surface area (TPSA) is 66.5 Å². The quantitative estimate of drug-likeness (QED) is 0.498. The SMILES string of the molecule is O=C(Nc1cccc(Cl)c1)C(Cc1ccccc1)N1C(=O)c2cc(Cl)c(Cl)cc2C1=O. The average Bonchev–Trinajstić information content (AvgIpc) is 2.97. The molecule has 0 radical (unpaired) electrons. The van der Waals surface area contributed by atoms with Gasteiger partial charge in [-0.05, 0) is 35.9 Å². The lowest BCUT2D eigenvalue weighted by Crippen LogP contribution is -2.48. The third kappa shape index (κ3) is 4.30. The van der Waals surface area contributed by atoms with E-state index in [0.29, 0.717) is 10.7 Å². The van der Waals surface area contributed by atoms with Crippen LogP contribution in [0.3, 0.4) is 0 Å². The number of anilines is 1. The molecule has 3 aromatic rings. The Hall–Kier alpha value is -2.86. The molecule has 0 spiro atoms. The lowest BCUT2D eigenvalue weighted by Gasteiger charge is -2.25. The van der Waals surface area contributed by atoms with Crippen molar-refractivity contribution in [3.05, 3.63) is 98.5 Å². The van der Waals surface area contributed by atoms with Gasteiger partial charge in [-0.15, -0.1) is 0 Å². The summed E-state index contributed by atoms with van der Waals surface area (Å²) in [6, 6.07) is 17.4. The number of fused-ring (bicyclic) bond motifs is 1. The number of benzene rings is 3. The van der Waals surface area contributed by atoms with Crippen LogP contribution in [0.5, 0.6) is 0 Å². The van der Waals surface area contributed by atoms with E-state index in [-0.39, 0.29) is 27.6 Å². The number of hydrogen-bond acceptors (Lipinski definition) is 3. The molecule has 1 unspecified atom stereocenters. The number of halogens is 3. The lowest BCUT2D eigenvalue weighted by atomic mass is 10.0. The predicted molar refractivity (Wildman–Crippen MR) is 121 cm³/mol. The fourth-order valence-electron chi connectivity index (χ4n) is 3.47. The minimum Gasteiger partial charge on any atom is -0.324 e. The highest BCUT2D eigenvalue weighted by atomic mass is 35.5. The molecule has 8 heteroatoms. The molecule has 1 atom stereocenters. The first kappa shape index (κ1) is 21.4. The van der Waals surface area contributed by atoms with E-state index in [9.17, 15) is 14.4 Å². The minimum absolute atomic E-state index is 0.119. The summed E-state index contributed by atoms with van der Waals surface area (Å²) in [5, 5.41) is 3.51. The number of rotatable bonds is 5. The van der Waals surface area contributed by atoms with E-state index in [0.717, 1.165) is 10.5 Å². The van der Waals surface area contributed by atoms with Crippen molar-refractivity contribution in [3.63, 3.8) is 0 Å². The van der Waals surface area contributed by atoms with Crippen molar-refractivity contribution >= 4 is 58.2 Å². The fraction of sp³-hybridized carbons (Fsp3) is 0.0870. The highest BCUT2D eigenvalue weighted by molar-refractivity contribution is 6.43. The number of carbonyl (C=O) groups excluding carboxylic acids is 3. The van der Waals surface area contributed by atoms with E-state index < -0.39 is 23.8 Å². The number of nitrogens with zero attached hydrogens (tertiary/aromatic N) is 1. The standard InChI is InChI=1S/C23H15Cl3N2O3/c24-14-7-4-8-15(10-14)27-21(29)20(9-13-5-2-1-3-6-13)28-22(30)16-11-18(25)19(26)12-17(16)23(28)31/h1-8,10-12,20H,9H2,(H,27,29). The first-order valence-corrected chi connectivity index (χ1v) is 10.5.